The number of imidazole rings is 1. The van der Waals surface area contributed by atoms with Crippen LogP contribution in [-0.4, -0.2) is 57.4 Å². The zero-order chi connectivity index (χ0) is 28.5. The molecule has 2 heterocycles. The van der Waals surface area contributed by atoms with Crippen molar-refractivity contribution in [1.29, 1.82) is 0 Å². The smallest absolute Gasteiger partial charge is 0.421 e. The molecule has 2 aromatic heterocycles. The van der Waals surface area contributed by atoms with Crippen LogP contribution in [0, 0.1) is 0 Å². The van der Waals surface area contributed by atoms with Gasteiger partial charge >= 0.3 is 12.1 Å². The molecule has 4 rings (SSSR count). The minimum Gasteiger partial charge on any atom is -0.508 e. The van der Waals surface area contributed by atoms with Gasteiger partial charge in [0, 0.05) is 17.3 Å². The second-order valence-electron chi connectivity index (χ2n) is 9.41. The molecule has 39 heavy (non-hydrogen) atoms. The predicted molar refractivity (Wildman–Crippen MR) is 143 cm³/mol. The third-order valence-electron chi connectivity index (χ3n) is 5.51. The number of phenols is 1. The number of hydrogen-bond acceptors (Lipinski definition) is 10. The number of carbonyl (C=O) groups is 3. The summed E-state index contributed by atoms with van der Waals surface area (Å²) in [5.41, 5.74) is 6.84. The highest BCUT2D eigenvalue weighted by molar-refractivity contribution is 6.10. The average Bonchev–Trinajstić information content (AvgIpc) is 3.21. The van der Waals surface area contributed by atoms with Crippen LogP contribution in [0.4, 0.5) is 16.4 Å². The molecule has 12 nitrogen and oxygen atoms in total. The van der Waals surface area contributed by atoms with E-state index in [0.29, 0.717) is 22.3 Å². The van der Waals surface area contributed by atoms with Crippen molar-refractivity contribution in [3.8, 4) is 22.8 Å². The number of methoxy groups -OCH3 is 2. The number of aromatic hydroxyl groups is 1. The Morgan fingerprint density at radius 1 is 0.974 bits per heavy atom. The number of nitrogens with two attached hydrogens (primary N) is 1. The number of rotatable bonds is 5. The highest BCUT2D eigenvalue weighted by atomic mass is 16.6. The molecular formula is C27H27N5O7. The number of pyridine rings is 1. The number of nitrogen functional groups attached to an aromatic ring is 1. The molecule has 0 radical (unpaired) electrons. The summed E-state index contributed by atoms with van der Waals surface area (Å²) in [4.78, 5) is 47.2. The quantitative estimate of drug-likeness (QED) is 0.316. The highest BCUT2D eigenvalue weighted by Gasteiger charge is 2.24. The lowest BCUT2D eigenvalue weighted by atomic mass is 9.97. The number of esters is 1. The van der Waals surface area contributed by atoms with Gasteiger partial charge in [0.25, 0.3) is 5.91 Å². The molecule has 0 fully saturated rings. The van der Waals surface area contributed by atoms with Crippen molar-refractivity contribution in [3.05, 3.63) is 59.8 Å². The molecule has 0 saturated carbocycles. The fourth-order valence-electron chi connectivity index (χ4n) is 3.85. The zero-order valence-electron chi connectivity index (χ0n) is 21.9. The standard InChI is InChI=1S/C27H27N5O7/c1-27(2,3)39-26(36)32-20-12-14(6-10-19(20)30-25(32)28)29-23(34)22-17(9-11-21(31-22)37-4)16-8-7-15(33)13-18(16)24(35)38-5/h6-13,33H,1-5H3,(H2,28,30)(H,29,34). The van der Waals surface area contributed by atoms with Crippen molar-refractivity contribution in [1.82, 2.24) is 14.5 Å². The molecule has 2 aromatic carbocycles. The molecule has 0 spiro atoms. The van der Waals surface area contributed by atoms with E-state index in [2.05, 4.69) is 15.3 Å². The average molecular weight is 534 g/mol. The van der Waals surface area contributed by atoms with Gasteiger partial charge in [0.15, 0.2) is 0 Å². The Morgan fingerprint density at radius 2 is 1.69 bits per heavy atom. The summed E-state index contributed by atoms with van der Waals surface area (Å²) in [5, 5.41) is 12.7. The van der Waals surface area contributed by atoms with E-state index < -0.39 is 23.6 Å². The number of ether oxygens (including phenoxy) is 3. The maximum atomic E-state index is 13.5. The van der Waals surface area contributed by atoms with Gasteiger partial charge in [0.05, 0.1) is 30.8 Å². The van der Waals surface area contributed by atoms with Gasteiger partial charge in [-0.15, -0.1) is 0 Å². The molecule has 202 valence electrons. The fraction of sp³-hybridized carbons (Fsp3) is 0.222. The van der Waals surface area contributed by atoms with Crippen LogP contribution in [0.2, 0.25) is 0 Å². The lowest BCUT2D eigenvalue weighted by molar-refractivity contribution is 0.0545. The van der Waals surface area contributed by atoms with Crippen LogP contribution in [-0.2, 0) is 9.47 Å². The number of benzene rings is 2. The predicted octanol–water partition coefficient (Wildman–Crippen LogP) is 4.22. The number of fused-ring (bicyclic) bond motifs is 1. The molecule has 4 N–H and O–H groups in total. The normalized spacial score (nSPS) is 11.2. The van der Waals surface area contributed by atoms with E-state index in [-0.39, 0.29) is 34.4 Å². The van der Waals surface area contributed by atoms with E-state index in [0.717, 1.165) is 4.57 Å². The van der Waals surface area contributed by atoms with Crippen LogP contribution in [0.1, 0.15) is 41.6 Å². The first-order chi connectivity index (χ1) is 18.4. The number of nitrogens with one attached hydrogen (secondary N) is 1. The van der Waals surface area contributed by atoms with Gasteiger partial charge in [-0.1, -0.05) is 0 Å². The third kappa shape index (κ3) is 5.59. The Labute approximate surface area is 223 Å². The van der Waals surface area contributed by atoms with E-state index in [1.807, 2.05) is 0 Å². The molecule has 0 atom stereocenters. The molecule has 0 unspecified atom stereocenters. The minimum absolute atomic E-state index is 0.0386. The van der Waals surface area contributed by atoms with Gasteiger partial charge in [-0.3, -0.25) is 4.79 Å². The Bertz CT molecular complexity index is 1600. The third-order valence-corrected chi connectivity index (χ3v) is 5.51. The lowest BCUT2D eigenvalue weighted by Gasteiger charge is -2.20. The van der Waals surface area contributed by atoms with Crippen LogP contribution in [0.3, 0.4) is 0 Å². The van der Waals surface area contributed by atoms with Crippen LogP contribution in [0.5, 0.6) is 11.6 Å². The Hall–Kier alpha value is -5.13. The van der Waals surface area contributed by atoms with Gasteiger partial charge in [-0.05, 0) is 68.8 Å². The number of nitrogens with zero attached hydrogens (tertiary/aromatic N) is 3. The Balaban J connectivity index is 1.76. The van der Waals surface area contributed by atoms with Gasteiger partial charge in [0.2, 0.25) is 11.8 Å². The zero-order valence-corrected chi connectivity index (χ0v) is 21.9. The van der Waals surface area contributed by atoms with E-state index in [1.54, 1.807) is 39.0 Å². The van der Waals surface area contributed by atoms with Crippen molar-refractivity contribution in [3.63, 3.8) is 0 Å². The molecular weight excluding hydrogens is 506 g/mol. The second-order valence-corrected chi connectivity index (χ2v) is 9.41. The molecule has 1 amide bonds. The van der Waals surface area contributed by atoms with Gasteiger partial charge < -0.3 is 30.4 Å². The second kappa shape index (κ2) is 10.3. The Morgan fingerprint density at radius 3 is 2.36 bits per heavy atom. The summed E-state index contributed by atoms with van der Waals surface area (Å²) in [6.45, 7) is 5.18. The fourth-order valence-corrected chi connectivity index (χ4v) is 3.85. The van der Waals surface area contributed by atoms with Gasteiger partial charge in [-0.25, -0.2) is 24.1 Å². The van der Waals surface area contributed by atoms with Gasteiger partial charge in [0.1, 0.15) is 17.0 Å². The van der Waals surface area contributed by atoms with Crippen LogP contribution < -0.4 is 15.8 Å². The Kier molecular flexibility index (Phi) is 7.13. The van der Waals surface area contributed by atoms with Crippen LogP contribution in [0.15, 0.2) is 48.5 Å². The van der Waals surface area contributed by atoms with Crippen molar-refractivity contribution in [2.24, 2.45) is 0 Å². The summed E-state index contributed by atoms with van der Waals surface area (Å²) in [5.74, 6) is -1.40. The summed E-state index contributed by atoms with van der Waals surface area (Å²) in [6.07, 6.45) is -0.717. The first kappa shape index (κ1) is 26.9. The van der Waals surface area contributed by atoms with Crippen molar-refractivity contribution >= 4 is 40.6 Å². The SMILES string of the molecule is COC(=O)c1cc(O)ccc1-c1ccc(OC)nc1C(=O)Nc1ccc2nc(N)n(C(=O)OC(C)(C)C)c2c1. The van der Waals surface area contributed by atoms with Crippen molar-refractivity contribution < 1.29 is 33.7 Å². The summed E-state index contributed by atoms with van der Waals surface area (Å²) >= 11 is 0. The first-order valence-electron chi connectivity index (χ1n) is 11.7. The molecule has 4 aromatic rings. The van der Waals surface area contributed by atoms with E-state index in [9.17, 15) is 19.5 Å². The van der Waals surface area contributed by atoms with Crippen molar-refractivity contribution in [2.45, 2.75) is 26.4 Å². The highest BCUT2D eigenvalue weighted by Crippen LogP contribution is 2.32. The monoisotopic (exact) mass is 533 g/mol. The minimum atomic E-state index is -0.766. The summed E-state index contributed by atoms with van der Waals surface area (Å²) < 4.78 is 16.6. The number of phenolic OH excluding ortho intramolecular Hbond substituents is 1. The van der Waals surface area contributed by atoms with Gasteiger partial charge in [-0.2, -0.15) is 0 Å². The van der Waals surface area contributed by atoms with Crippen LogP contribution >= 0.6 is 0 Å². The molecule has 0 aliphatic heterocycles. The molecule has 12 heteroatoms. The molecule has 0 aliphatic rings. The first-order valence-corrected chi connectivity index (χ1v) is 11.7. The summed E-state index contributed by atoms with van der Waals surface area (Å²) in [6, 6.07) is 11.9. The summed E-state index contributed by atoms with van der Waals surface area (Å²) in [7, 11) is 2.61. The molecule has 0 saturated heterocycles. The maximum absolute atomic E-state index is 13.5. The maximum Gasteiger partial charge on any atom is 0.421 e. The molecule has 0 aliphatic carbocycles. The van der Waals surface area contributed by atoms with E-state index >= 15 is 0 Å². The number of hydrogen-bond donors (Lipinski definition) is 3. The largest absolute Gasteiger partial charge is 0.508 e. The van der Waals surface area contributed by atoms with Crippen molar-refractivity contribution in [2.75, 3.05) is 25.3 Å². The van der Waals surface area contributed by atoms with E-state index in [1.165, 1.54) is 44.6 Å². The number of amides is 1. The lowest BCUT2D eigenvalue weighted by Crippen LogP contribution is -2.27. The topological polar surface area (TPSA) is 168 Å². The number of carbonyl (C=O) groups excluding carboxylic acids is 3. The number of aromatic nitrogens is 3. The molecule has 0 bridgehead atoms. The number of anilines is 2. The van der Waals surface area contributed by atoms with E-state index in [4.69, 9.17) is 19.9 Å². The van der Waals surface area contributed by atoms with Crippen LogP contribution in [0.25, 0.3) is 22.2 Å².